The topological polar surface area (TPSA) is 52.3 Å². The lowest BCUT2D eigenvalue weighted by atomic mass is 10.1. The van der Waals surface area contributed by atoms with Crippen molar-refractivity contribution in [1.29, 1.82) is 0 Å². The van der Waals surface area contributed by atoms with Gasteiger partial charge in [0.05, 0.1) is 5.52 Å². The van der Waals surface area contributed by atoms with Gasteiger partial charge in [-0.05, 0) is 31.0 Å². The van der Waals surface area contributed by atoms with Crippen LogP contribution in [0.3, 0.4) is 0 Å². The maximum Gasteiger partial charge on any atom is 0.347 e. The summed E-state index contributed by atoms with van der Waals surface area (Å²) >= 11 is 0. The summed E-state index contributed by atoms with van der Waals surface area (Å²) in [5.74, 6) is 0.976. The molecule has 0 radical (unpaired) electrons. The third-order valence-corrected chi connectivity index (χ3v) is 5.12. The largest absolute Gasteiger partial charge is 0.490 e. The molecular weight excluding hydrogens is 328 g/mol. The number of aryl methyl sites for hydroxylation is 2. The van der Waals surface area contributed by atoms with Gasteiger partial charge in [-0.1, -0.05) is 6.07 Å². The van der Waals surface area contributed by atoms with E-state index in [1.165, 1.54) is 15.5 Å². The summed E-state index contributed by atoms with van der Waals surface area (Å²) < 4.78 is 9.97. The lowest BCUT2D eigenvalue weighted by Gasteiger charge is -2.32. The Morgan fingerprint density at radius 3 is 2.73 bits per heavy atom. The average molecular weight is 352 g/mol. The molecule has 1 saturated heterocycles. The van der Waals surface area contributed by atoms with Crippen LogP contribution in [0.4, 0.5) is 0 Å². The molecule has 26 heavy (non-hydrogen) atoms. The van der Waals surface area contributed by atoms with Gasteiger partial charge in [0, 0.05) is 63.3 Å². The zero-order valence-corrected chi connectivity index (χ0v) is 15.3. The van der Waals surface area contributed by atoms with Crippen molar-refractivity contribution < 1.29 is 4.74 Å². The van der Waals surface area contributed by atoms with Crippen LogP contribution < -0.4 is 10.4 Å². The highest BCUT2D eigenvalue weighted by atomic mass is 16.5. The number of piperidine rings is 1. The fraction of sp³-hybridized carbons (Fsp3) is 0.400. The number of rotatable bonds is 4. The van der Waals surface area contributed by atoms with Crippen molar-refractivity contribution in [2.45, 2.75) is 25.5 Å². The van der Waals surface area contributed by atoms with Crippen LogP contribution in [-0.4, -0.2) is 38.2 Å². The van der Waals surface area contributed by atoms with E-state index in [-0.39, 0.29) is 11.8 Å². The highest BCUT2D eigenvalue weighted by Gasteiger charge is 2.21. The van der Waals surface area contributed by atoms with Crippen LogP contribution in [0.2, 0.25) is 0 Å². The van der Waals surface area contributed by atoms with E-state index in [0.29, 0.717) is 0 Å². The monoisotopic (exact) mass is 352 g/mol. The first kappa shape index (κ1) is 16.8. The lowest BCUT2D eigenvalue weighted by molar-refractivity contribution is 0.0978. The van der Waals surface area contributed by atoms with Crippen LogP contribution in [0.1, 0.15) is 18.4 Å². The van der Waals surface area contributed by atoms with Crippen molar-refractivity contribution in [3.05, 3.63) is 58.9 Å². The second-order valence-corrected chi connectivity index (χ2v) is 7.06. The first-order valence-corrected chi connectivity index (χ1v) is 9.05. The molecule has 0 spiro atoms. The Labute approximate surface area is 152 Å². The standard InChI is InChI=1S/C20H24N4O2/c1-22-9-8-17-18(22)4-3-5-19(17)26-16-6-10-24(11-7-16)14-15-12-21-20(25)23(2)13-15/h3-5,8-9,12-13,16H,6-7,10-11,14H2,1-2H3. The second-order valence-electron chi connectivity index (χ2n) is 7.06. The van der Waals surface area contributed by atoms with E-state index in [4.69, 9.17) is 4.74 Å². The summed E-state index contributed by atoms with van der Waals surface area (Å²) in [6.07, 6.45) is 7.87. The normalized spacial score (nSPS) is 16.2. The molecule has 2 aromatic heterocycles. The number of hydrogen-bond acceptors (Lipinski definition) is 4. The molecule has 1 aromatic carbocycles. The van der Waals surface area contributed by atoms with Crippen LogP contribution in [-0.2, 0) is 20.6 Å². The Morgan fingerprint density at radius 1 is 1.15 bits per heavy atom. The second kappa shape index (κ2) is 6.96. The summed E-state index contributed by atoms with van der Waals surface area (Å²) in [5.41, 5.74) is 2.05. The van der Waals surface area contributed by atoms with E-state index < -0.39 is 0 Å². The number of likely N-dealkylation sites (tertiary alicyclic amines) is 1. The number of hydrogen-bond donors (Lipinski definition) is 0. The van der Waals surface area contributed by atoms with Crippen LogP contribution >= 0.6 is 0 Å². The van der Waals surface area contributed by atoms with Gasteiger partial charge in [-0.15, -0.1) is 0 Å². The fourth-order valence-electron chi connectivity index (χ4n) is 3.65. The SMILES string of the molecule is Cn1cc(CN2CCC(Oc3cccc4c3ccn4C)CC2)cnc1=O. The smallest absolute Gasteiger partial charge is 0.347 e. The molecule has 6 nitrogen and oxygen atoms in total. The molecule has 1 aliphatic heterocycles. The van der Waals surface area contributed by atoms with Crippen molar-refractivity contribution in [2.75, 3.05) is 13.1 Å². The van der Waals surface area contributed by atoms with Crippen LogP contribution in [0, 0.1) is 0 Å². The summed E-state index contributed by atoms with van der Waals surface area (Å²) in [4.78, 5) is 17.7. The van der Waals surface area contributed by atoms with Gasteiger partial charge < -0.3 is 13.9 Å². The summed E-state index contributed by atoms with van der Waals surface area (Å²) in [6.45, 7) is 2.79. The summed E-state index contributed by atoms with van der Waals surface area (Å²) in [6, 6.07) is 8.35. The van der Waals surface area contributed by atoms with Crippen LogP contribution in [0.5, 0.6) is 5.75 Å². The van der Waals surface area contributed by atoms with E-state index in [1.807, 2.05) is 6.20 Å². The Morgan fingerprint density at radius 2 is 1.96 bits per heavy atom. The van der Waals surface area contributed by atoms with E-state index >= 15 is 0 Å². The van der Waals surface area contributed by atoms with Crippen LogP contribution in [0.15, 0.2) is 47.7 Å². The molecule has 1 aliphatic rings. The van der Waals surface area contributed by atoms with E-state index in [0.717, 1.165) is 43.8 Å². The quantitative estimate of drug-likeness (QED) is 0.723. The Bertz CT molecular complexity index is 967. The molecule has 6 heteroatoms. The predicted molar refractivity (Wildman–Crippen MR) is 101 cm³/mol. The summed E-state index contributed by atoms with van der Waals surface area (Å²) in [5, 5.41) is 1.17. The minimum absolute atomic E-state index is 0.212. The molecule has 0 N–H and O–H groups in total. The molecule has 136 valence electrons. The third kappa shape index (κ3) is 3.37. The van der Waals surface area contributed by atoms with Gasteiger partial charge in [0.1, 0.15) is 11.9 Å². The van der Waals surface area contributed by atoms with E-state index in [2.05, 4.69) is 52.0 Å². The van der Waals surface area contributed by atoms with Crippen LogP contribution in [0.25, 0.3) is 10.9 Å². The Hall–Kier alpha value is -2.60. The average Bonchev–Trinajstić information content (AvgIpc) is 3.02. The van der Waals surface area contributed by atoms with Gasteiger partial charge >= 0.3 is 5.69 Å². The summed E-state index contributed by atoms with van der Waals surface area (Å²) in [7, 11) is 3.79. The Kier molecular flexibility index (Phi) is 4.51. The van der Waals surface area contributed by atoms with E-state index in [9.17, 15) is 4.79 Å². The number of nitrogens with zero attached hydrogens (tertiary/aromatic N) is 4. The van der Waals surface area contributed by atoms with Crippen molar-refractivity contribution >= 4 is 10.9 Å². The van der Waals surface area contributed by atoms with Gasteiger partial charge in [0.15, 0.2) is 0 Å². The van der Waals surface area contributed by atoms with Crippen molar-refractivity contribution in [3.63, 3.8) is 0 Å². The van der Waals surface area contributed by atoms with Gasteiger partial charge in [0.25, 0.3) is 0 Å². The number of benzene rings is 1. The maximum atomic E-state index is 11.4. The molecule has 3 aromatic rings. The molecule has 1 fully saturated rings. The number of fused-ring (bicyclic) bond motifs is 1. The van der Waals surface area contributed by atoms with Gasteiger partial charge in [0.2, 0.25) is 0 Å². The molecule has 0 bridgehead atoms. The minimum atomic E-state index is -0.212. The molecule has 0 atom stereocenters. The maximum absolute atomic E-state index is 11.4. The highest BCUT2D eigenvalue weighted by Crippen LogP contribution is 2.28. The predicted octanol–water partition coefficient (Wildman–Crippen LogP) is 2.32. The van der Waals surface area contributed by atoms with Gasteiger partial charge in [-0.25, -0.2) is 9.78 Å². The minimum Gasteiger partial charge on any atom is -0.490 e. The molecule has 0 saturated carbocycles. The number of ether oxygens (including phenoxy) is 1. The molecule has 0 unspecified atom stereocenters. The van der Waals surface area contributed by atoms with Crippen molar-refractivity contribution in [3.8, 4) is 5.75 Å². The lowest BCUT2D eigenvalue weighted by Crippen LogP contribution is -2.38. The molecular formula is C20H24N4O2. The third-order valence-electron chi connectivity index (χ3n) is 5.12. The van der Waals surface area contributed by atoms with Crippen molar-refractivity contribution in [2.24, 2.45) is 14.1 Å². The molecule has 0 aliphatic carbocycles. The fourth-order valence-corrected chi connectivity index (χ4v) is 3.65. The first-order chi connectivity index (χ1) is 12.6. The van der Waals surface area contributed by atoms with Gasteiger partial charge in [-0.3, -0.25) is 4.90 Å². The zero-order chi connectivity index (χ0) is 18.1. The first-order valence-electron chi connectivity index (χ1n) is 9.05. The molecule has 3 heterocycles. The highest BCUT2D eigenvalue weighted by molar-refractivity contribution is 5.86. The van der Waals surface area contributed by atoms with E-state index in [1.54, 1.807) is 13.2 Å². The number of aromatic nitrogens is 3. The zero-order valence-electron chi connectivity index (χ0n) is 15.3. The van der Waals surface area contributed by atoms with Crippen molar-refractivity contribution in [1.82, 2.24) is 19.0 Å². The molecule has 4 rings (SSSR count). The Balaban J connectivity index is 1.37. The molecule has 0 amide bonds. The van der Waals surface area contributed by atoms with Gasteiger partial charge in [-0.2, -0.15) is 0 Å².